The molecule has 4 rings (SSSR count). The molecule has 2 aromatic heterocycles. The van der Waals surface area contributed by atoms with Crippen LogP contribution in [0.2, 0.25) is 0 Å². The first-order valence-corrected chi connectivity index (χ1v) is 8.86. The Hall–Kier alpha value is -1.73. The molecule has 0 saturated carbocycles. The van der Waals surface area contributed by atoms with Crippen molar-refractivity contribution < 1.29 is 14.3 Å². The molecule has 1 unspecified atom stereocenters. The summed E-state index contributed by atoms with van der Waals surface area (Å²) in [7, 11) is 0. The lowest BCUT2D eigenvalue weighted by molar-refractivity contribution is -0.144. The molecule has 0 bridgehead atoms. The van der Waals surface area contributed by atoms with E-state index in [4.69, 9.17) is 9.47 Å². The van der Waals surface area contributed by atoms with Gasteiger partial charge in [0.2, 0.25) is 0 Å². The van der Waals surface area contributed by atoms with Crippen LogP contribution in [0.3, 0.4) is 0 Å². The third-order valence-corrected chi connectivity index (χ3v) is 5.65. The Kier molecular flexibility index (Phi) is 3.90. The molecule has 6 nitrogen and oxygen atoms in total. The lowest BCUT2D eigenvalue weighted by Crippen LogP contribution is -2.37. The molecule has 1 fully saturated rings. The van der Waals surface area contributed by atoms with Crippen LogP contribution in [-0.2, 0) is 20.7 Å². The van der Waals surface area contributed by atoms with Crippen LogP contribution in [0, 0.1) is 0 Å². The smallest absolute Gasteiger partial charge is 0.313 e. The normalized spacial score (nSPS) is 20.7. The van der Waals surface area contributed by atoms with Crippen molar-refractivity contribution in [3.05, 3.63) is 16.8 Å². The van der Waals surface area contributed by atoms with Crippen molar-refractivity contribution in [3.63, 3.8) is 0 Å². The Morgan fingerprint density at radius 2 is 2.26 bits per heavy atom. The minimum Gasteiger partial charge on any atom is -0.466 e. The number of thiophene rings is 1. The van der Waals surface area contributed by atoms with Crippen molar-refractivity contribution >= 4 is 33.3 Å². The van der Waals surface area contributed by atoms with Gasteiger partial charge in [0.15, 0.2) is 0 Å². The lowest BCUT2D eigenvalue weighted by Gasteiger charge is -2.28. The Morgan fingerprint density at radius 3 is 3.04 bits per heavy atom. The van der Waals surface area contributed by atoms with Gasteiger partial charge >= 0.3 is 5.97 Å². The number of hydrogen-bond donors (Lipinski definition) is 0. The third-order valence-electron chi connectivity index (χ3n) is 4.47. The number of anilines is 1. The number of esters is 1. The van der Waals surface area contributed by atoms with Crippen LogP contribution in [-0.4, -0.2) is 48.8 Å². The first-order valence-electron chi connectivity index (χ1n) is 8.05. The number of aryl methyl sites for hydroxylation is 1. The molecule has 0 spiro atoms. The number of ether oxygens (including phenoxy) is 2. The summed E-state index contributed by atoms with van der Waals surface area (Å²) in [5.41, 5.74) is 1.10. The second-order valence-electron chi connectivity index (χ2n) is 5.76. The first-order chi connectivity index (χ1) is 11.3. The van der Waals surface area contributed by atoms with Crippen molar-refractivity contribution in [2.24, 2.45) is 0 Å². The molecule has 1 atom stereocenters. The van der Waals surface area contributed by atoms with E-state index in [-0.39, 0.29) is 11.9 Å². The highest BCUT2D eigenvalue weighted by molar-refractivity contribution is 7.19. The summed E-state index contributed by atoms with van der Waals surface area (Å²) in [6, 6.07) is 0. The zero-order valence-corrected chi connectivity index (χ0v) is 13.9. The molecular weight excluding hydrogens is 314 g/mol. The quantitative estimate of drug-likeness (QED) is 0.802. The Balaban J connectivity index is 1.82. The van der Waals surface area contributed by atoms with E-state index in [2.05, 4.69) is 14.9 Å². The number of carbonyl (C=O) groups is 1. The van der Waals surface area contributed by atoms with E-state index >= 15 is 0 Å². The molecule has 0 N–H and O–H groups in total. The van der Waals surface area contributed by atoms with Crippen LogP contribution in [0.25, 0.3) is 10.2 Å². The number of morpholine rings is 1. The Bertz CT molecular complexity index is 739. The second kappa shape index (κ2) is 6.05. The van der Waals surface area contributed by atoms with E-state index in [0.717, 1.165) is 47.5 Å². The highest BCUT2D eigenvalue weighted by Gasteiger charge is 2.35. The van der Waals surface area contributed by atoms with Gasteiger partial charge in [0, 0.05) is 18.0 Å². The average molecular weight is 333 g/mol. The molecule has 122 valence electrons. The van der Waals surface area contributed by atoms with E-state index in [9.17, 15) is 4.79 Å². The molecule has 23 heavy (non-hydrogen) atoms. The van der Waals surface area contributed by atoms with Gasteiger partial charge in [-0.1, -0.05) is 0 Å². The largest absolute Gasteiger partial charge is 0.466 e. The first kappa shape index (κ1) is 14.8. The van der Waals surface area contributed by atoms with Gasteiger partial charge in [-0.3, -0.25) is 4.79 Å². The third kappa shape index (κ3) is 2.48. The molecule has 0 amide bonds. The van der Waals surface area contributed by atoms with Gasteiger partial charge in [0.05, 0.1) is 31.1 Å². The molecule has 2 aromatic rings. The zero-order chi connectivity index (χ0) is 15.8. The molecule has 1 saturated heterocycles. The summed E-state index contributed by atoms with van der Waals surface area (Å²) in [5, 5.41) is 1.05. The molecule has 1 aliphatic heterocycles. The Labute approximate surface area is 138 Å². The predicted molar refractivity (Wildman–Crippen MR) is 88.1 cm³/mol. The number of rotatable bonds is 3. The maximum absolute atomic E-state index is 12.3. The number of nitrogens with zero attached hydrogens (tertiary/aromatic N) is 3. The zero-order valence-electron chi connectivity index (χ0n) is 13.1. The van der Waals surface area contributed by atoms with E-state index in [1.54, 1.807) is 17.7 Å². The fraction of sp³-hybridized carbons (Fsp3) is 0.562. The van der Waals surface area contributed by atoms with Crippen LogP contribution in [0.5, 0.6) is 0 Å². The van der Waals surface area contributed by atoms with Gasteiger partial charge in [-0.2, -0.15) is 0 Å². The fourth-order valence-electron chi connectivity index (χ4n) is 3.45. The van der Waals surface area contributed by atoms with Gasteiger partial charge < -0.3 is 14.4 Å². The molecule has 1 aliphatic carbocycles. The lowest BCUT2D eigenvalue weighted by atomic mass is 10.0. The summed E-state index contributed by atoms with van der Waals surface area (Å²) in [4.78, 5) is 25.8. The van der Waals surface area contributed by atoms with E-state index < -0.39 is 0 Å². The van der Waals surface area contributed by atoms with Gasteiger partial charge in [-0.25, -0.2) is 9.97 Å². The van der Waals surface area contributed by atoms with Crippen molar-refractivity contribution in [3.8, 4) is 0 Å². The summed E-state index contributed by atoms with van der Waals surface area (Å²) < 4.78 is 10.7. The number of hydrogen-bond acceptors (Lipinski definition) is 7. The van der Waals surface area contributed by atoms with Crippen molar-refractivity contribution in [2.45, 2.75) is 25.7 Å². The Morgan fingerprint density at radius 1 is 1.43 bits per heavy atom. The monoisotopic (exact) mass is 333 g/mol. The van der Waals surface area contributed by atoms with E-state index in [1.807, 2.05) is 6.92 Å². The van der Waals surface area contributed by atoms with Gasteiger partial charge in [0.1, 0.15) is 17.0 Å². The van der Waals surface area contributed by atoms with Gasteiger partial charge in [0.25, 0.3) is 0 Å². The van der Waals surface area contributed by atoms with Crippen LogP contribution in [0.4, 0.5) is 5.82 Å². The molecule has 3 heterocycles. The van der Waals surface area contributed by atoms with Crippen molar-refractivity contribution in [1.82, 2.24) is 9.97 Å². The van der Waals surface area contributed by atoms with Gasteiger partial charge in [-0.15, -0.1) is 11.3 Å². The average Bonchev–Trinajstić information content (AvgIpc) is 3.14. The standard InChI is InChI=1S/C16H19N3O3S/c1-2-22-16(20)10-3-4-11-12(10)13-14(17-9-18-15(13)23-11)19-5-7-21-8-6-19/h9-10H,2-8H2,1H3. The summed E-state index contributed by atoms with van der Waals surface area (Å²) in [6.45, 7) is 5.32. The van der Waals surface area contributed by atoms with Crippen LogP contribution >= 0.6 is 11.3 Å². The summed E-state index contributed by atoms with van der Waals surface area (Å²) >= 11 is 1.69. The molecule has 0 radical (unpaired) electrons. The minimum atomic E-state index is -0.176. The topological polar surface area (TPSA) is 64.5 Å². The maximum atomic E-state index is 12.3. The SMILES string of the molecule is CCOC(=O)C1CCc2sc3ncnc(N4CCOCC4)c3c21. The highest BCUT2D eigenvalue weighted by Crippen LogP contribution is 2.46. The molecule has 2 aliphatic rings. The summed E-state index contributed by atoms with van der Waals surface area (Å²) in [6.07, 6.45) is 3.37. The molecule has 7 heteroatoms. The number of fused-ring (bicyclic) bond motifs is 3. The fourth-order valence-corrected chi connectivity index (χ4v) is 4.66. The maximum Gasteiger partial charge on any atom is 0.313 e. The summed E-state index contributed by atoms with van der Waals surface area (Å²) in [5.74, 6) is 0.638. The molecule has 0 aromatic carbocycles. The van der Waals surface area contributed by atoms with Crippen LogP contribution < -0.4 is 4.90 Å². The van der Waals surface area contributed by atoms with E-state index in [1.165, 1.54) is 4.88 Å². The van der Waals surface area contributed by atoms with Crippen LogP contribution in [0.15, 0.2) is 6.33 Å². The number of aromatic nitrogens is 2. The van der Waals surface area contributed by atoms with E-state index in [0.29, 0.717) is 19.8 Å². The van der Waals surface area contributed by atoms with Crippen LogP contribution in [0.1, 0.15) is 29.7 Å². The highest BCUT2D eigenvalue weighted by atomic mass is 32.1. The number of carbonyl (C=O) groups excluding carboxylic acids is 1. The minimum absolute atomic E-state index is 0.122. The van der Waals surface area contributed by atoms with Crippen molar-refractivity contribution in [1.29, 1.82) is 0 Å². The molecular formula is C16H19N3O3S. The van der Waals surface area contributed by atoms with Gasteiger partial charge in [-0.05, 0) is 25.3 Å². The van der Waals surface area contributed by atoms with Crippen molar-refractivity contribution in [2.75, 3.05) is 37.8 Å². The predicted octanol–water partition coefficient (Wildman–Crippen LogP) is 2.12. The second-order valence-corrected chi connectivity index (χ2v) is 6.84.